The summed E-state index contributed by atoms with van der Waals surface area (Å²) >= 11 is 6.96. The second-order valence-corrected chi connectivity index (χ2v) is 5.94. The van der Waals surface area contributed by atoms with Gasteiger partial charge in [0.2, 0.25) is 0 Å². The summed E-state index contributed by atoms with van der Waals surface area (Å²) in [5, 5.41) is 4.37. The number of rotatable bonds is 4. The summed E-state index contributed by atoms with van der Waals surface area (Å²) in [5.41, 5.74) is 4.97. The fourth-order valence-electron chi connectivity index (χ4n) is 1.83. The molecule has 1 aromatic heterocycles. The highest BCUT2D eigenvalue weighted by Gasteiger charge is 2.13. The topological polar surface area (TPSA) is 55.9 Å². The molecule has 3 N–H and O–H groups in total. The normalized spacial score (nSPS) is 12.7. The van der Waals surface area contributed by atoms with Gasteiger partial charge in [0.05, 0.1) is 11.7 Å². The van der Waals surface area contributed by atoms with E-state index in [9.17, 15) is 0 Å². The maximum atomic E-state index is 5.64. The summed E-state index contributed by atoms with van der Waals surface area (Å²) in [4.78, 5) is 0. The van der Waals surface area contributed by atoms with Gasteiger partial charge in [-0.2, -0.15) is 5.10 Å². The molecule has 0 fully saturated rings. The Kier molecular flexibility index (Phi) is 4.55. The van der Waals surface area contributed by atoms with Gasteiger partial charge in [-0.3, -0.25) is 16.0 Å². The Morgan fingerprint density at radius 1 is 1.33 bits per heavy atom. The van der Waals surface area contributed by atoms with Gasteiger partial charge in [-0.1, -0.05) is 31.9 Å². The van der Waals surface area contributed by atoms with Crippen LogP contribution in [0, 0.1) is 0 Å². The molecular weight excluding hydrogens is 360 g/mol. The van der Waals surface area contributed by atoms with Crippen molar-refractivity contribution in [3.05, 3.63) is 50.7 Å². The maximum Gasteiger partial charge on any atom is 0.0643 e. The minimum atomic E-state index is 0.0358. The lowest BCUT2D eigenvalue weighted by Crippen LogP contribution is -2.29. The molecule has 0 aliphatic heterocycles. The van der Waals surface area contributed by atoms with Gasteiger partial charge in [0, 0.05) is 28.6 Å². The van der Waals surface area contributed by atoms with E-state index in [-0.39, 0.29) is 6.04 Å². The van der Waals surface area contributed by atoms with E-state index in [2.05, 4.69) is 54.5 Å². The van der Waals surface area contributed by atoms with Crippen LogP contribution in [0.25, 0.3) is 0 Å². The van der Waals surface area contributed by atoms with Crippen molar-refractivity contribution < 1.29 is 0 Å². The Balaban J connectivity index is 2.22. The first kappa shape index (κ1) is 13.7. The Bertz CT molecular complexity index is 518. The maximum absolute atomic E-state index is 5.64. The molecule has 96 valence electrons. The second kappa shape index (κ2) is 5.97. The Labute approximate surface area is 123 Å². The predicted molar refractivity (Wildman–Crippen MR) is 78.8 cm³/mol. The molecule has 1 aromatic carbocycles. The largest absolute Gasteiger partial charge is 0.276 e. The third kappa shape index (κ3) is 3.41. The molecule has 0 spiro atoms. The van der Waals surface area contributed by atoms with Gasteiger partial charge in [0.25, 0.3) is 0 Å². The van der Waals surface area contributed by atoms with E-state index in [0.717, 1.165) is 26.6 Å². The molecule has 0 radical (unpaired) electrons. The summed E-state index contributed by atoms with van der Waals surface area (Å²) in [6.45, 7) is 0. The van der Waals surface area contributed by atoms with E-state index in [1.165, 1.54) is 0 Å². The van der Waals surface area contributed by atoms with Gasteiger partial charge in [0.15, 0.2) is 0 Å². The van der Waals surface area contributed by atoms with E-state index in [0.29, 0.717) is 0 Å². The average molecular weight is 374 g/mol. The second-order valence-electron chi connectivity index (χ2n) is 4.11. The van der Waals surface area contributed by atoms with E-state index < -0.39 is 0 Å². The van der Waals surface area contributed by atoms with Crippen molar-refractivity contribution in [3.8, 4) is 0 Å². The molecule has 18 heavy (non-hydrogen) atoms. The molecule has 1 atom stereocenters. The highest BCUT2D eigenvalue weighted by Crippen LogP contribution is 2.25. The summed E-state index contributed by atoms with van der Waals surface area (Å²) in [6, 6.07) is 8.14. The summed E-state index contributed by atoms with van der Waals surface area (Å²) in [5.74, 6) is 5.64. The van der Waals surface area contributed by atoms with Crippen molar-refractivity contribution in [3.63, 3.8) is 0 Å². The summed E-state index contributed by atoms with van der Waals surface area (Å²) in [7, 11) is 1.91. The Morgan fingerprint density at radius 2 is 2.00 bits per heavy atom. The molecule has 2 aromatic rings. The van der Waals surface area contributed by atoms with Gasteiger partial charge < -0.3 is 0 Å². The predicted octanol–water partition coefficient (Wildman–Crippen LogP) is 2.69. The van der Waals surface area contributed by atoms with Gasteiger partial charge in [-0.25, -0.2) is 0 Å². The van der Waals surface area contributed by atoms with Crippen LogP contribution >= 0.6 is 31.9 Å². The third-order valence-corrected chi connectivity index (χ3v) is 3.59. The summed E-state index contributed by atoms with van der Waals surface area (Å²) in [6.07, 6.45) is 2.68. The highest BCUT2D eigenvalue weighted by molar-refractivity contribution is 9.11. The van der Waals surface area contributed by atoms with Crippen LogP contribution in [0.15, 0.2) is 39.4 Å². The van der Waals surface area contributed by atoms with Crippen molar-refractivity contribution in [1.29, 1.82) is 0 Å². The molecule has 0 saturated carbocycles. The zero-order chi connectivity index (χ0) is 13.1. The summed E-state index contributed by atoms with van der Waals surface area (Å²) < 4.78 is 3.83. The number of benzene rings is 1. The molecule has 0 bridgehead atoms. The van der Waals surface area contributed by atoms with Crippen molar-refractivity contribution >= 4 is 31.9 Å². The monoisotopic (exact) mass is 372 g/mol. The lowest BCUT2D eigenvalue weighted by Gasteiger charge is -2.16. The molecule has 0 aliphatic carbocycles. The van der Waals surface area contributed by atoms with Gasteiger partial charge in [0.1, 0.15) is 0 Å². The lowest BCUT2D eigenvalue weighted by molar-refractivity contribution is 0.541. The van der Waals surface area contributed by atoms with Gasteiger partial charge in [-0.15, -0.1) is 0 Å². The van der Waals surface area contributed by atoms with Crippen LogP contribution in [0.5, 0.6) is 0 Å². The fraction of sp³-hybridized carbons (Fsp3) is 0.250. The molecule has 4 nitrogen and oxygen atoms in total. The van der Waals surface area contributed by atoms with Crippen molar-refractivity contribution in [1.82, 2.24) is 15.2 Å². The van der Waals surface area contributed by atoms with Crippen LogP contribution in [0.2, 0.25) is 0 Å². The number of hydrogen-bond donors (Lipinski definition) is 2. The van der Waals surface area contributed by atoms with Crippen LogP contribution in [0.1, 0.15) is 17.3 Å². The lowest BCUT2D eigenvalue weighted by atomic mass is 10.0. The molecule has 1 unspecified atom stereocenters. The zero-order valence-corrected chi connectivity index (χ0v) is 13.1. The fourth-order valence-corrected chi connectivity index (χ4v) is 3.16. The Hall–Kier alpha value is -0.690. The quantitative estimate of drug-likeness (QED) is 0.639. The molecule has 0 saturated heterocycles. The van der Waals surface area contributed by atoms with Gasteiger partial charge in [-0.05, 0) is 29.8 Å². The molecular formula is C12H14Br2N4. The first-order valence-electron chi connectivity index (χ1n) is 5.49. The van der Waals surface area contributed by atoms with Crippen molar-refractivity contribution in [2.24, 2.45) is 12.9 Å². The molecule has 1 heterocycles. The highest BCUT2D eigenvalue weighted by atomic mass is 79.9. The number of nitrogens with one attached hydrogen (secondary N) is 1. The zero-order valence-electron chi connectivity index (χ0n) is 9.90. The van der Waals surface area contributed by atoms with E-state index in [1.54, 1.807) is 4.68 Å². The van der Waals surface area contributed by atoms with Crippen LogP contribution in [0.4, 0.5) is 0 Å². The SMILES string of the molecule is Cn1ccc(CC(NN)c2cc(Br)cc(Br)c2)n1. The number of hydrazine groups is 1. The smallest absolute Gasteiger partial charge is 0.0643 e. The van der Waals surface area contributed by atoms with Crippen LogP contribution < -0.4 is 11.3 Å². The molecule has 6 heteroatoms. The number of aromatic nitrogens is 2. The Morgan fingerprint density at radius 3 is 2.50 bits per heavy atom. The number of nitrogens with two attached hydrogens (primary N) is 1. The number of hydrogen-bond acceptors (Lipinski definition) is 3. The van der Waals surface area contributed by atoms with Crippen LogP contribution in [0.3, 0.4) is 0 Å². The van der Waals surface area contributed by atoms with E-state index >= 15 is 0 Å². The molecule has 2 rings (SSSR count). The van der Waals surface area contributed by atoms with Gasteiger partial charge >= 0.3 is 0 Å². The minimum Gasteiger partial charge on any atom is -0.276 e. The first-order valence-corrected chi connectivity index (χ1v) is 7.07. The number of halogens is 2. The van der Waals surface area contributed by atoms with Crippen molar-refractivity contribution in [2.45, 2.75) is 12.5 Å². The first-order chi connectivity index (χ1) is 8.58. The minimum absolute atomic E-state index is 0.0358. The third-order valence-electron chi connectivity index (χ3n) is 2.67. The van der Waals surface area contributed by atoms with Crippen LogP contribution in [-0.2, 0) is 13.5 Å². The molecule has 0 aliphatic rings. The van der Waals surface area contributed by atoms with Crippen LogP contribution in [-0.4, -0.2) is 9.78 Å². The van der Waals surface area contributed by atoms with E-state index in [1.807, 2.05) is 25.4 Å². The number of nitrogens with zero attached hydrogens (tertiary/aromatic N) is 2. The van der Waals surface area contributed by atoms with E-state index in [4.69, 9.17) is 5.84 Å². The standard InChI is InChI=1S/C12H14Br2N4/c1-18-3-2-11(17-18)7-12(16-15)8-4-9(13)6-10(14)5-8/h2-6,12,16H,7,15H2,1H3. The van der Waals surface area contributed by atoms with Crippen molar-refractivity contribution in [2.75, 3.05) is 0 Å². The molecule has 0 amide bonds. The number of aryl methyl sites for hydroxylation is 1. The average Bonchev–Trinajstić information content (AvgIpc) is 2.70.